The molecule has 0 bridgehead atoms. The molecule has 0 saturated carbocycles. The zero-order chi connectivity index (χ0) is 13.1. The van der Waals surface area contributed by atoms with E-state index in [9.17, 15) is 0 Å². The quantitative estimate of drug-likeness (QED) is 0.853. The Labute approximate surface area is 105 Å². The Balaban J connectivity index is 2.58. The largest absolute Gasteiger partial charge is 0.312 e. The average Bonchev–Trinajstić information content (AvgIpc) is 2.56. The normalized spacial score (nSPS) is 14.3. The molecule has 0 spiro atoms. The van der Waals surface area contributed by atoms with Gasteiger partial charge in [0.1, 0.15) is 12.2 Å². The lowest BCUT2D eigenvalue weighted by atomic mass is 9.91. The van der Waals surface area contributed by atoms with E-state index in [4.69, 9.17) is 0 Å². The molecule has 0 aliphatic rings. The second-order valence-electron chi connectivity index (χ2n) is 6.14. The molecule has 1 unspecified atom stereocenters. The van der Waals surface area contributed by atoms with Gasteiger partial charge in [0.15, 0.2) is 0 Å². The molecule has 0 saturated heterocycles. The number of nitrogens with zero attached hydrogens (tertiary/aromatic N) is 3. The highest BCUT2D eigenvalue weighted by Crippen LogP contribution is 2.16. The van der Waals surface area contributed by atoms with Gasteiger partial charge in [-0.15, -0.1) is 0 Å². The van der Waals surface area contributed by atoms with E-state index < -0.39 is 0 Å². The lowest BCUT2D eigenvalue weighted by Gasteiger charge is -2.27. The van der Waals surface area contributed by atoms with Crippen LogP contribution in [-0.2, 0) is 13.5 Å². The number of nitrogens with one attached hydrogen (secondary N) is 1. The van der Waals surface area contributed by atoms with Crippen molar-refractivity contribution < 1.29 is 0 Å². The zero-order valence-corrected chi connectivity index (χ0v) is 12.0. The molecule has 0 aliphatic carbocycles. The first-order chi connectivity index (χ1) is 7.79. The summed E-state index contributed by atoms with van der Waals surface area (Å²) in [6, 6.07) is 0. The number of hydrogen-bond acceptors (Lipinski definition) is 3. The molecule has 4 heteroatoms. The molecule has 98 valence electrons. The van der Waals surface area contributed by atoms with Crippen molar-refractivity contribution in [1.29, 1.82) is 0 Å². The monoisotopic (exact) mass is 238 g/mol. The summed E-state index contributed by atoms with van der Waals surface area (Å²) in [5.41, 5.74) is 0.174. The fraction of sp³-hybridized carbons (Fsp3) is 0.846. The summed E-state index contributed by atoms with van der Waals surface area (Å²) in [4.78, 5) is 4.31. The summed E-state index contributed by atoms with van der Waals surface area (Å²) in [6.07, 6.45) is 2.61. The Kier molecular flexibility index (Phi) is 4.69. The Hall–Kier alpha value is -0.900. The van der Waals surface area contributed by atoms with Gasteiger partial charge in [0.05, 0.1) is 0 Å². The van der Waals surface area contributed by atoms with Gasteiger partial charge in [0.2, 0.25) is 0 Å². The van der Waals surface area contributed by atoms with Crippen LogP contribution in [0.5, 0.6) is 0 Å². The molecular weight excluding hydrogens is 212 g/mol. The third kappa shape index (κ3) is 4.86. The average molecular weight is 238 g/mol. The fourth-order valence-corrected chi connectivity index (χ4v) is 1.72. The molecule has 0 aromatic carbocycles. The molecule has 0 aliphatic heterocycles. The Bertz CT molecular complexity index is 335. The van der Waals surface area contributed by atoms with Crippen LogP contribution in [0.4, 0.5) is 0 Å². The maximum absolute atomic E-state index is 4.31. The summed E-state index contributed by atoms with van der Waals surface area (Å²) in [5, 5.41) is 7.70. The van der Waals surface area contributed by atoms with Gasteiger partial charge >= 0.3 is 0 Å². The van der Waals surface area contributed by atoms with Gasteiger partial charge in [-0.3, -0.25) is 4.68 Å². The van der Waals surface area contributed by atoms with Crippen LogP contribution in [-0.4, -0.2) is 26.8 Å². The van der Waals surface area contributed by atoms with Crippen molar-refractivity contribution >= 4 is 0 Å². The molecular formula is C13H26N4. The minimum atomic E-state index is 0.174. The van der Waals surface area contributed by atoms with E-state index in [1.54, 1.807) is 6.33 Å². The molecule has 17 heavy (non-hydrogen) atoms. The molecule has 1 N–H and O–H groups in total. The van der Waals surface area contributed by atoms with Crippen molar-refractivity contribution in [3.05, 3.63) is 12.2 Å². The predicted molar refractivity (Wildman–Crippen MR) is 70.8 cm³/mol. The topological polar surface area (TPSA) is 42.7 Å². The van der Waals surface area contributed by atoms with Crippen molar-refractivity contribution in [2.24, 2.45) is 18.9 Å². The molecule has 0 radical (unpaired) electrons. The van der Waals surface area contributed by atoms with E-state index >= 15 is 0 Å². The van der Waals surface area contributed by atoms with Gasteiger partial charge in [-0.25, -0.2) is 4.98 Å². The van der Waals surface area contributed by atoms with E-state index in [1.165, 1.54) is 0 Å². The van der Waals surface area contributed by atoms with Crippen molar-refractivity contribution in [2.45, 2.75) is 46.6 Å². The molecule has 1 aromatic heterocycles. The van der Waals surface area contributed by atoms with Gasteiger partial charge in [-0.2, -0.15) is 5.10 Å². The van der Waals surface area contributed by atoms with Crippen LogP contribution in [0.25, 0.3) is 0 Å². The lowest BCUT2D eigenvalue weighted by Crippen LogP contribution is -2.41. The fourth-order valence-electron chi connectivity index (χ4n) is 1.72. The highest BCUT2D eigenvalue weighted by molar-refractivity contribution is 4.88. The van der Waals surface area contributed by atoms with E-state index in [2.05, 4.69) is 50.0 Å². The molecule has 1 aromatic rings. The Morgan fingerprint density at radius 3 is 2.41 bits per heavy atom. The minimum Gasteiger partial charge on any atom is -0.312 e. The highest BCUT2D eigenvalue weighted by Gasteiger charge is 2.19. The third-order valence-electron chi connectivity index (χ3n) is 3.09. The summed E-state index contributed by atoms with van der Waals surface area (Å²) in [7, 11) is 1.96. The molecule has 0 fully saturated rings. The van der Waals surface area contributed by atoms with Gasteiger partial charge in [-0.05, 0) is 39.2 Å². The number of aromatic nitrogens is 3. The van der Waals surface area contributed by atoms with Crippen molar-refractivity contribution in [3.63, 3.8) is 0 Å². The number of hydrogen-bond donors (Lipinski definition) is 1. The molecule has 0 amide bonds. The van der Waals surface area contributed by atoms with Gasteiger partial charge < -0.3 is 5.32 Å². The van der Waals surface area contributed by atoms with E-state index in [0.717, 1.165) is 18.8 Å². The first kappa shape index (κ1) is 14.2. The van der Waals surface area contributed by atoms with Crippen molar-refractivity contribution in [1.82, 2.24) is 20.1 Å². The predicted octanol–water partition coefficient (Wildman–Crippen LogP) is 2.02. The minimum absolute atomic E-state index is 0.174. The molecule has 1 rings (SSSR count). The smallest absolute Gasteiger partial charge is 0.138 e. The van der Waals surface area contributed by atoms with Gasteiger partial charge in [0.25, 0.3) is 0 Å². The second kappa shape index (κ2) is 5.63. The van der Waals surface area contributed by atoms with Crippen LogP contribution >= 0.6 is 0 Å². The van der Waals surface area contributed by atoms with Gasteiger partial charge in [0, 0.05) is 19.0 Å². The van der Waals surface area contributed by atoms with Crippen LogP contribution in [0.1, 0.15) is 40.4 Å². The maximum atomic E-state index is 4.31. The van der Waals surface area contributed by atoms with Crippen LogP contribution in [0.3, 0.4) is 0 Å². The molecule has 1 heterocycles. The Morgan fingerprint density at radius 1 is 1.35 bits per heavy atom. The van der Waals surface area contributed by atoms with Crippen molar-refractivity contribution in [2.75, 3.05) is 6.54 Å². The van der Waals surface area contributed by atoms with E-state index in [0.29, 0.717) is 11.8 Å². The first-order valence-electron chi connectivity index (χ1n) is 6.37. The lowest BCUT2D eigenvalue weighted by molar-refractivity contribution is 0.306. The SMILES string of the molecule is CC(C)C(CNC(C)(C)C)Cc1ncnn1C. The van der Waals surface area contributed by atoms with E-state index in [1.807, 2.05) is 11.7 Å². The Morgan fingerprint density at radius 2 is 2.00 bits per heavy atom. The van der Waals surface area contributed by atoms with Crippen molar-refractivity contribution in [3.8, 4) is 0 Å². The van der Waals surface area contributed by atoms with Crippen LogP contribution in [0.15, 0.2) is 6.33 Å². The van der Waals surface area contributed by atoms with E-state index in [-0.39, 0.29) is 5.54 Å². The van der Waals surface area contributed by atoms with Gasteiger partial charge in [-0.1, -0.05) is 13.8 Å². The number of rotatable bonds is 5. The number of aryl methyl sites for hydroxylation is 1. The van der Waals surface area contributed by atoms with Crippen LogP contribution in [0.2, 0.25) is 0 Å². The molecule has 4 nitrogen and oxygen atoms in total. The first-order valence-corrected chi connectivity index (χ1v) is 6.37. The van der Waals surface area contributed by atoms with Crippen LogP contribution in [0, 0.1) is 11.8 Å². The second-order valence-corrected chi connectivity index (χ2v) is 6.14. The zero-order valence-electron chi connectivity index (χ0n) is 12.0. The maximum Gasteiger partial charge on any atom is 0.138 e. The summed E-state index contributed by atoms with van der Waals surface area (Å²) in [6.45, 7) is 12.2. The third-order valence-corrected chi connectivity index (χ3v) is 3.09. The summed E-state index contributed by atoms with van der Waals surface area (Å²) >= 11 is 0. The highest BCUT2D eigenvalue weighted by atomic mass is 15.3. The van der Waals surface area contributed by atoms with Crippen LogP contribution < -0.4 is 5.32 Å². The summed E-state index contributed by atoms with van der Waals surface area (Å²) in [5.74, 6) is 2.30. The molecule has 1 atom stereocenters. The summed E-state index contributed by atoms with van der Waals surface area (Å²) < 4.78 is 1.87. The standard InChI is InChI=1S/C13H26N4/c1-10(2)11(8-15-13(3,4)5)7-12-14-9-16-17(12)6/h9-11,15H,7-8H2,1-6H3.